The quantitative estimate of drug-likeness (QED) is 0.299. The SMILES string of the molecule is CCN(CC)c1ccc(C=NNC(=O)CSc2cc(C)nc3c(C)cc(C)cc23)cc1. The van der Waals surface area contributed by atoms with Crippen LogP contribution in [0.1, 0.15) is 36.2 Å². The average Bonchev–Trinajstić information content (AvgIpc) is 2.74. The standard InChI is InChI=1S/C25H30N4OS/c1-6-29(7-2)21-10-8-20(9-11-21)15-26-28-24(30)16-31-23-14-19(5)27-25-18(4)12-17(3)13-22(23)25/h8-15H,6-7,16H2,1-5H3,(H,28,30). The predicted molar refractivity (Wildman–Crippen MR) is 132 cm³/mol. The van der Waals surface area contributed by atoms with Gasteiger partial charge < -0.3 is 4.90 Å². The van der Waals surface area contributed by atoms with Crippen molar-refractivity contribution in [1.82, 2.24) is 10.4 Å². The first-order chi connectivity index (χ1) is 14.9. The molecule has 0 radical (unpaired) electrons. The van der Waals surface area contributed by atoms with Gasteiger partial charge in [0.05, 0.1) is 17.5 Å². The summed E-state index contributed by atoms with van der Waals surface area (Å²) in [4.78, 5) is 20.3. The second kappa shape index (κ2) is 10.4. The van der Waals surface area contributed by atoms with Crippen LogP contribution < -0.4 is 10.3 Å². The highest BCUT2D eigenvalue weighted by atomic mass is 32.2. The molecule has 3 aromatic rings. The number of benzene rings is 2. The van der Waals surface area contributed by atoms with Gasteiger partial charge in [0, 0.05) is 34.8 Å². The average molecular weight is 435 g/mol. The van der Waals surface area contributed by atoms with E-state index in [-0.39, 0.29) is 5.91 Å². The molecule has 0 saturated heterocycles. The van der Waals surface area contributed by atoms with Crippen LogP contribution in [0, 0.1) is 20.8 Å². The molecule has 0 aliphatic heterocycles. The Labute approximate surface area is 188 Å². The highest BCUT2D eigenvalue weighted by molar-refractivity contribution is 8.00. The van der Waals surface area contributed by atoms with Gasteiger partial charge in [-0.05, 0) is 70.0 Å². The first-order valence-corrected chi connectivity index (χ1v) is 11.6. The van der Waals surface area contributed by atoms with E-state index in [0.29, 0.717) is 5.75 Å². The van der Waals surface area contributed by atoms with Crippen molar-refractivity contribution in [1.29, 1.82) is 0 Å². The van der Waals surface area contributed by atoms with Crippen molar-refractivity contribution >= 4 is 40.5 Å². The molecular formula is C25H30N4OS. The topological polar surface area (TPSA) is 57.6 Å². The number of hydrogen-bond donors (Lipinski definition) is 1. The van der Waals surface area contributed by atoms with Gasteiger partial charge in [-0.2, -0.15) is 5.10 Å². The maximum absolute atomic E-state index is 12.3. The van der Waals surface area contributed by atoms with Gasteiger partial charge in [-0.3, -0.25) is 9.78 Å². The smallest absolute Gasteiger partial charge is 0.250 e. The number of carbonyl (C=O) groups is 1. The van der Waals surface area contributed by atoms with Crippen LogP contribution >= 0.6 is 11.8 Å². The second-order valence-electron chi connectivity index (χ2n) is 7.59. The van der Waals surface area contributed by atoms with E-state index in [1.165, 1.54) is 23.0 Å². The molecule has 5 nitrogen and oxygen atoms in total. The van der Waals surface area contributed by atoms with Gasteiger partial charge in [0.1, 0.15) is 0 Å². The van der Waals surface area contributed by atoms with Crippen LogP contribution in [0.4, 0.5) is 5.69 Å². The number of nitrogens with zero attached hydrogens (tertiary/aromatic N) is 3. The van der Waals surface area contributed by atoms with Crippen LogP contribution in [-0.4, -0.2) is 35.9 Å². The molecule has 3 rings (SSSR count). The number of rotatable bonds is 8. The van der Waals surface area contributed by atoms with E-state index >= 15 is 0 Å². The Balaban J connectivity index is 1.61. The van der Waals surface area contributed by atoms with E-state index in [2.05, 4.69) is 72.4 Å². The molecule has 2 aromatic carbocycles. The molecule has 6 heteroatoms. The zero-order chi connectivity index (χ0) is 22.4. The van der Waals surface area contributed by atoms with Gasteiger partial charge in [0.2, 0.25) is 5.91 Å². The van der Waals surface area contributed by atoms with Crippen molar-refractivity contribution in [2.75, 3.05) is 23.7 Å². The fraction of sp³-hybridized carbons (Fsp3) is 0.320. The van der Waals surface area contributed by atoms with Crippen LogP contribution in [0.2, 0.25) is 0 Å². The third-order valence-electron chi connectivity index (χ3n) is 5.12. The monoisotopic (exact) mass is 434 g/mol. The van der Waals surface area contributed by atoms with Gasteiger partial charge in [-0.25, -0.2) is 5.43 Å². The summed E-state index contributed by atoms with van der Waals surface area (Å²) in [5.41, 5.74) is 9.07. The number of aromatic nitrogens is 1. The third-order valence-corrected chi connectivity index (χ3v) is 6.18. The number of fused-ring (bicyclic) bond motifs is 1. The highest BCUT2D eigenvalue weighted by Crippen LogP contribution is 2.30. The summed E-state index contributed by atoms with van der Waals surface area (Å²) in [6.45, 7) is 12.4. The Morgan fingerprint density at radius 2 is 1.81 bits per heavy atom. The first-order valence-electron chi connectivity index (χ1n) is 10.6. The number of aryl methyl sites for hydroxylation is 3. The van der Waals surface area contributed by atoms with Crippen molar-refractivity contribution in [3.8, 4) is 0 Å². The van der Waals surface area contributed by atoms with Crippen LogP contribution in [-0.2, 0) is 4.79 Å². The minimum atomic E-state index is -0.131. The van der Waals surface area contributed by atoms with E-state index in [1.807, 2.05) is 25.1 Å². The summed E-state index contributed by atoms with van der Waals surface area (Å²) in [5.74, 6) is 0.164. The van der Waals surface area contributed by atoms with Crippen LogP contribution in [0.25, 0.3) is 10.9 Å². The minimum absolute atomic E-state index is 0.131. The van der Waals surface area contributed by atoms with Gasteiger partial charge in [0.25, 0.3) is 0 Å². The van der Waals surface area contributed by atoms with E-state index in [0.717, 1.165) is 45.7 Å². The van der Waals surface area contributed by atoms with Crippen LogP contribution in [0.15, 0.2) is 52.5 Å². The number of carbonyl (C=O) groups excluding carboxylic acids is 1. The Kier molecular flexibility index (Phi) is 7.69. The molecule has 162 valence electrons. The van der Waals surface area contributed by atoms with Gasteiger partial charge >= 0.3 is 0 Å². The summed E-state index contributed by atoms with van der Waals surface area (Å²) >= 11 is 1.51. The molecule has 0 unspecified atom stereocenters. The number of thioether (sulfide) groups is 1. The second-order valence-corrected chi connectivity index (χ2v) is 8.60. The van der Waals surface area contributed by atoms with E-state index in [4.69, 9.17) is 0 Å². The maximum Gasteiger partial charge on any atom is 0.250 e. The van der Waals surface area contributed by atoms with E-state index in [9.17, 15) is 4.79 Å². The fourth-order valence-electron chi connectivity index (χ4n) is 3.61. The Morgan fingerprint density at radius 3 is 2.48 bits per heavy atom. The predicted octanol–water partition coefficient (Wildman–Crippen LogP) is 5.25. The van der Waals surface area contributed by atoms with Crippen molar-refractivity contribution in [2.45, 2.75) is 39.5 Å². The normalized spacial score (nSPS) is 11.3. The largest absolute Gasteiger partial charge is 0.372 e. The molecule has 0 atom stereocenters. The molecule has 0 saturated carbocycles. The maximum atomic E-state index is 12.3. The van der Waals surface area contributed by atoms with Gasteiger partial charge in [-0.1, -0.05) is 23.8 Å². The van der Waals surface area contributed by atoms with E-state index in [1.54, 1.807) is 6.21 Å². The van der Waals surface area contributed by atoms with Crippen molar-refractivity contribution in [3.63, 3.8) is 0 Å². The lowest BCUT2D eigenvalue weighted by Crippen LogP contribution is -2.21. The number of hydrogen-bond acceptors (Lipinski definition) is 5. The molecule has 1 heterocycles. The summed E-state index contributed by atoms with van der Waals surface area (Å²) in [7, 11) is 0. The molecule has 1 aromatic heterocycles. The molecule has 1 N–H and O–H groups in total. The van der Waals surface area contributed by atoms with Gasteiger partial charge in [-0.15, -0.1) is 11.8 Å². The minimum Gasteiger partial charge on any atom is -0.372 e. The van der Waals surface area contributed by atoms with Crippen molar-refractivity contribution < 1.29 is 4.79 Å². The third kappa shape index (κ3) is 5.85. The molecule has 0 fully saturated rings. The lowest BCUT2D eigenvalue weighted by Gasteiger charge is -2.20. The molecule has 31 heavy (non-hydrogen) atoms. The van der Waals surface area contributed by atoms with Crippen molar-refractivity contribution in [2.24, 2.45) is 5.10 Å². The number of nitrogens with one attached hydrogen (secondary N) is 1. The lowest BCUT2D eigenvalue weighted by molar-refractivity contribution is -0.118. The summed E-state index contributed by atoms with van der Waals surface area (Å²) in [6.07, 6.45) is 1.67. The van der Waals surface area contributed by atoms with E-state index < -0.39 is 0 Å². The summed E-state index contributed by atoms with van der Waals surface area (Å²) < 4.78 is 0. The summed E-state index contributed by atoms with van der Waals surface area (Å²) in [6, 6.07) is 14.5. The number of pyridine rings is 1. The molecule has 0 aliphatic carbocycles. The van der Waals surface area contributed by atoms with Crippen LogP contribution in [0.3, 0.4) is 0 Å². The first kappa shape index (κ1) is 22.8. The summed E-state index contributed by atoms with van der Waals surface area (Å²) in [5, 5.41) is 5.21. The fourth-order valence-corrected chi connectivity index (χ4v) is 4.52. The lowest BCUT2D eigenvalue weighted by atomic mass is 10.1. The Bertz CT molecular complexity index is 1090. The Hall–Kier alpha value is -2.86. The molecule has 0 aliphatic rings. The zero-order valence-electron chi connectivity index (χ0n) is 18.9. The molecule has 1 amide bonds. The van der Waals surface area contributed by atoms with Crippen LogP contribution in [0.5, 0.6) is 0 Å². The Morgan fingerprint density at radius 1 is 1.10 bits per heavy atom. The zero-order valence-corrected chi connectivity index (χ0v) is 19.7. The number of amides is 1. The number of hydrazone groups is 1. The molecule has 0 bridgehead atoms. The highest BCUT2D eigenvalue weighted by Gasteiger charge is 2.10. The number of anilines is 1. The molecular weight excluding hydrogens is 404 g/mol. The van der Waals surface area contributed by atoms with Crippen molar-refractivity contribution in [3.05, 3.63) is 64.8 Å². The molecule has 0 spiro atoms. The van der Waals surface area contributed by atoms with Gasteiger partial charge in [0.15, 0.2) is 0 Å².